The number of rotatable bonds is 5. The van der Waals surface area contributed by atoms with Gasteiger partial charge in [0.1, 0.15) is 5.82 Å². The highest BCUT2D eigenvalue weighted by Gasteiger charge is 2.25. The molecule has 0 aliphatic heterocycles. The minimum absolute atomic E-state index is 0.0529. The van der Waals surface area contributed by atoms with Crippen LogP contribution in [-0.4, -0.2) is 34.4 Å². The summed E-state index contributed by atoms with van der Waals surface area (Å²) in [6.07, 6.45) is 1.52. The van der Waals surface area contributed by atoms with E-state index in [0.29, 0.717) is 11.5 Å². The van der Waals surface area contributed by atoms with Crippen LogP contribution in [0.1, 0.15) is 22.0 Å². The Morgan fingerprint density at radius 1 is 1.45 bits per heavy atom. The molecule has 0 amide bonds. The lowest BCUT2D eigenvalue weighted by Gasteiger charge is -2.05. The number of carboxylic acids is 1. The molecule has 0 radical (unpaired) electrons. The number of carbonyl (C=O) groups is 1. The van der Waals surface area contributed by atoms with Gasteiger partial charge in [0.2, 0.25) is 0 Å². The van der Waals surface area contributed by atoms with Crippen LogP contribution in [0.2, 0.25) is 0 Å². The van der Waals surface area contributed by atoms with Gasteiger partial charge in [-0.25, -0.2) is 32.9 Å². The fraction of sp³-hybridized carbons (Fsp3) is 0.200. The van der Waals surface area contributed by atoms with Gasteiger partial charge in [0, 0.05) is 6.20 Å². The number of sulfonamides is 1. The van der Waals surface area contributed by atoms with Gasteiger partial charge in [0.25, 0.3) is 10.0 Å². The largest absolute Gasteiger partial charge is 0.476 e. The summed E-state index contributed by atoms with van der Waals surface area (Å²) in [5.74, 6) is -0.866. The summed E-state index contributed by atoms with van der Waals surface area (Å²) < 4.78 is 26.0. The van der Waals surface area contributed by atoms with Crippen LogP contribution in [0.15, 0.2) is 22.0 Å². The highest BCUT2D eigenvalue weighted by atomic mass is 32.2. The van der Waals surface area contributed by atoms with Crippen molar-refractivity contribution in [1.29, 1.82) is 0 Å². The standard InChI is InChI=1S/C10H10N4O4S2/c1-6-11-3-2-7(14-6)4-13-20(17,18)10-8(9(15)16)12-5-19-10/h2-3,5,13H,4H2,1H3,(H,15,16). The van der Waals surface area contributed by atoms with Crippen LogP contribution >= 0.6 is 11.3 Å². The molecule has 0 bridgehead atoms. The average Bonchev–Trinajstić information content (AvgIpc) is 2.87. The zero-order valence-electron chi connectivity index (χ0n) is 10.3. The number of hydrogen-bond acceptors (Lipinski definition) is 7. The fourth-order valence-electron chi connectivity index (χ4n) is 1.41. The lowest BCUT2D eigenvalue weighted by Crippen LogP contribution is -2.24. The summed E-state index contributed by atoms with van der Waals surface area (Å²) in [6.45, 7) is 1.63. The molecule has 0 atom stereocenters. The molecule has 2 heterocycles. The topological polar surface area (TPSA) is 122 Å². The van der Waals surface area contributed by atoms with Crippen LogP contribution < -0.4 is 4.72 Å². The molecular formula is C10H10N4O4S2. The van der Waals surface area contributed by atoms with Crippen molar-refractivity contribution in [3.05, 3.63) is 35.0 Å². The molecule has 106 valence electrons. The number of carboxylic acid groups (broad SMARTS) is 1. The lowest BCUT2D eigenvalue weighted by atomic mass is 10.4. The molecule has 20 heavy (non-hydrogen) atoms. The molecular weight excluding hydrogens is 304 g/mol. The minimum atomic E-state index is -3.94. The Labute approximate surface area is 118 Å². The van der Waals surface area contributed by atoms with Crippen LogP contribution in [0, 0.1) is 6.92 Å². The molecule has 8 nitrogen and oxygen atoms in total. The van der Waals surface area contributed by atoms with Crippen LogP contribution in [0.4, 0.5) is 0 Å². The van der Waals surface area contributed by atoms with E-state index in [1.54, 1.807) is 13.0 Å². The predicted molar refractivity (Wildman–Crippen MR) is 69.9 cm³/mol. The van der Waals surface area contributed by atoms with E-state index >= 15 is 0 Å². The van der Waals surface area contributed by atoms with E-state index < -0.39 is 21.7 Å². The number of nitrogens with one attached hydrogen (secondary N) is 1. The third-order valence-corrected chi connectivity index (χ3v) is 5.03. The molecule has 0 fully saturated rings. The maximum Gasteiger partial charge on any atom is 0.356 e. The maximum absolute atomic E-state index is 12.0. The van der Waals surface area contributed by atoms with E-state index in [-0.39, 0.29) is 10.8 Å². The zero-order chi connectivity index (χ0) is 14.8. The molecule has 10 heteroatoms. The normalized spacial score (nSPS) is 11.4. The highest BCUT2D eigenvalue weighted by Crippen LogP contribution is 2.19. The van der Waals surface area contributed by atoms with Crippen molar-refractivity contribution in [2.45, 2.75) is 17.7 Å². The third-order valence-electron chi connectivity index (χ3n) is 2.26. The van der Waals surface area contributed by atoms with Crippen LogP contribution in [0.25, 0.3) is 0 Å². The molecule has 2 aromatic heterocycles. The van der Waals surface area contributed by atoms with Gasteiger partial charge in [0.15, 0.2) is 9.90 Å². The van der Waals surface area contributed by atoms with Gasteiger partial charge in [0.05, 0.1) is 17.7 Å². The summed E-state index contributed by atoms with van der Waals surface area (Å²) in [5.41, 5.74) is 1.18. The van der Waals surface area contributed by atoms with Gasteiger partial charge < -0.3 is 5.11 Å². The second-order valence-corrected chi connectivity index (χ2v) is 6.53. The fourth-order valence-corrected chi connectivity index (χ4v) is 3.59. The first-order chi connectivity index (χ1) is 9.40. The SMILES string of the molecule is Cc1nccc(CNS(=O)(=O)c2scnc2C(=O)O)n1. The van der Waals surface area contributed by atoms with Crippen molar-refractivity contribution in [1.82, 2.24) is 19.7 Å². The van der Waals surface area contributed by atoms with Crippen molar-refractivity contribution >= 4 is 27.3 Å². The summed E-state index contributed by atoms with van der Waals surface area (Å²) in [4.78, 5) is 22.4. The summed E-state index contributed by atoms with van der Waals surface area (Å²) in [6, 6.07) is 1.57. The number of nitrogens with zero attached hydrogens (tertiary/aromatic N) is 3. The number of aromatic nitrogens is 3. The molecule has 0 unspecified atom stereocenters. The van der Waals surface area contributed by atoms with E-state index in [2.05, 4.69) is 19.7 Å². The van der Waals surface area contributed by atoms with Crippen molar-refractivity contribution in [2.24, 2.45) is 0 Å². The summed E-state index contributed by atoms with van der Waals surface area (Å²) in [5, 5.41) is 8.87. The Bertz CT molecular complexity index is 741. The Morgan fingerprint density at radius 2 is 2.20 bits per heavy atom. The first-order valence-corrected chi connectivity index (χ1v) is 7.71. The highest BCUT2D eigenvalue weighted by molar-refractivity contribution is 7.91. The van der Waals surface area contributed by atoms with Crippen molar-refractivity contribution in [2.75, 3.05) is 0 Å². The van der Waals surface area contributed by atoms with Gasteiger partial charge in [-0.05, 0) is 13.0 Å². The van der Waals surface area contributed by atoms with E-state index in [9.17, 15) is 13.2 Å². The van der Waals surface area contributed by atoms with E-state index in [1.165, 1.54) is 11.7 Å². The van der Waals surface area contributed by atoms with Gasteiger partial charge in [-0.1, -0.05) is 0 Å². The molecule has 0 saturated heterocycles. The molecule has 2 N–H and O–H groups in total. The predicted octanol–water partition coefficient (Wildman–Crippen LogP) is 0.418. The molecule has 0 saturated carbocycles. The van der Waals surface area contributed by atoms with Crippen molar-refractivity contribution in [3.8, 4) is 0 Å². The first kappa shape index (κ1) is 14.5. The monoisotopic (exact) mass is 314 g/mol. The molecule has 0 aromatic carbocycles. The van der Waals surface area contributed by atoms with Crippen molar-refractivity contribution < 1.29 is 18.3 Å². The van der Waals surface area contributed by atoms with E-state index in [0.717, 1.165) is 11.3 Å². The second kappa shape index (κ2) is 5.61. The molecule has 0 aliphatic rings. The molecule has 2 rings (SSSR count). The average molecular weight is 314 g/mol. The zero-order valence-corrected chi connectivity index (χ0v) is 11.9. The third kappa shape index (κ3) is 3.15. The Balaban J connectivity index is 2.19. The Hall–Kier alpha value is -1.91. The maximum atomic E-state index is 12.0. The van der Waals surface area contributed by atoms with Crippen LogP contribution in [0.5, 0.6) is 0 Å². The molecule has 0 aliphatic carbocycles. The second-order valence-electron chi connectivity index (χ2n) is 3.71. The first-order valence-electron chi connectivity index (χ1n) is 5.35. The summed E-state index contributed by atoms with van der Waals surface area (Å²) >= 11 is 0.748. The number of aromatic carboxylic acids is 1. The van der Waals surface area contributed by atoms with Gasteiger partial charge >= 0.3 is 5.97 Å². The number of hydrogen-bond donors (Lipinski definition) is 2. The van der Waals surface area contributed by atoms with Gasteiger partial charge in [-0.3, -0.25) is 0 Å². The Kier molecular flexibility index (Phi) is 4.06. The van der Waals surface area contributed by atoms with Crippen LogP contribution in [-0.2, 0) is 16.6 Å². The minimum Gasteiger partial charge on any atom is -0.476 e. The summed E-state index contributed by atoms with van der Waals surface area (Å²) in [7, 11) is -3.94. The Morgan fingerprint density at radius 3 is 2.85 bits per heavy atom. The van der Waals surface area contributed by atoms with E-state index in [4.69, 9.17) is 5.11 Å². The smallest absolute Gasteiger partial charge is 0.356 e. The van der Waals surface area contributed by atoms with Gasteiger partial charge in [-0.15, -0.1) is 11.3 Å². The quantitative estimate of drug-likeness (QED) is 0.819. The molecule has 0 spiro atoms. The van der Waals surface area contributed by atoms with Crippen LogP contribution in [0.3, 0.4) is 0 Å². The van der Waals surface area contributed by atoms with E-state index in [1.807, 2.05) is 0 Å². The lowest BCUT2D eigenvalue weighted by molar-refractivity contribution is 0.0687. The number of thiazole rings is 1. The number of aryl methyl sites for hydroxylation is 1. The molecule has 2 aromatic rings. The van der Waals surface area contributed by atoms with Gasteiger partial charge in [-0.2, -0.15) is 0 Å². The van der Waals surface area contributed by atoms with Crippen molar-refractivity contribution in [3.63, 3.8) is 0 Å².